The van der Waals surface area contributed by atoms with E-state index < -0.39 is 12.0 Å². The van der Waals surface area contributed by atoms with Crippen molar-refractivity contribution in [1.29, 1.82) is 0 Å². The zero-order valence-electron chi connectivity index (χ0n) is 5.48. The Morgan fingerprint density at radius 2 is 1.70 bits per heavy atom. The van der Waals surface area contributed by atoms with Crippen molar-refractivity contribution in [2.45, 2.75) is 6.18 Å². The van der Waals surface area contributed by atoms with Gasteiger partial charge in [-0.2, -0.15) is 18.3 Å². The summed E-state index contributed by atoms with van der Waals surface area (Å²) in [5.74, 6) is -1.21. The number of amidine groups is 1. The van der Waals surface area contributed by atoms with Crippen LogP contribution in [0.1, 0.15) is 0 Å². The van der Waals surface area contributed by atoms with E-state index in [2.05, 4.69) is 15.2 Å². The van der Waals surface area contributed by atoms with Gasteiger partial charge in [0.2, 0.25) is 0 Å². The molecule has 0 saturated heterocycles. The maximum atomic E-state index is 11.6. The molecule has 58 valence electrons. The molecule has 0 saturated carbocycles. The molecule has 0 spiro atoms. The number of rotatable bonds is 0. The zero-order valence-corrected chi connectivity index (χ0v) is 5.48. The van der Waals surface area contributed by atoms with Gasteiger partial charge in [0, 0.05) is 14.1 Å². The minimum atomic E-state index is -4.49. The highest BCUT2D eigenvalue weighted by Gasteiger charge is 2.35. The molecule has 0 unspecified atom stereocenters. The van der Waals surface area contributed by atoms with Gasteiger partial charge in [-0.15, -0.1) is 5.11 Å². The summed E-state index contributed by atoms with van der Waals surface area (Å²) in [4.78, 5) is 2.88. The summed E-state index contributed by atoms with van der Waals surface area (Å²) in [6, 6.07) is 0. The summed E-state index contributed by atoms with van der Waals surface area (Å²) in [5, 5.41) is 5.71. The molecular weight excluding hydrogens is 147 g/mol. The van der Waals surface area contributed by atoms with E-state index in [1.54, 1.807) is 0 Å². The van der Waals surface area contributed by atoms with Gasteiger partial charge in [-0.3, -0.25) is 4.99 Å². The standard InChI is InChI=1S/C4H6F3N3/c1-8-3(10-9-2)4(5,6)7/h1-2H3. The van der Waals surface area contributed by atoms with Crippen molar-refractivity contribution >= 4 is 5.84 Å². The zero-order chi connectivity index (χ0) is 8.20. The maximum absolute atomic E-state index is 11.6. The van der Waals surface area contributed by atoms with Gasteiger partial charge >= 0.3 is 6.18 Å². The molecule has 0 aromatic heterocycles. The van der Waals surface area contributed by atoms with Crippen LogP contribution in [0, 0.1) is 0 Å². The molecule has 0 rings (SSSR count). The van der Waals surface area contributed by atoms with E-state index in [4.69, 9.17) is 0 Å². The van der Waals surface area contributed by atoms with Gasteiger partial charge < -0.3 is 0 Å². The largest absolute Gasteiger partial charge is 0.453 e. The quantitative estimate of drug-likeness (QED) is 0.288. The molecule has 0 aromatic carbocycles. The van der Waals surface area contributed by atoms with E-state index in [0.29, 0.717) is 0 Å². The molecule has 3 nitrogen and oxygen atoms in total. The van der Waals surface area contributed by atoms with Crippen LogP contribution in [0.4, 0.5) is 13.2 Å². The molecule has 0 aliphatic heterocycles. The number of halogens is 3. The second kappa shape index (κ2) is 3.28. The average molecular weight is 153 g/mol. The smallest absolute Gasteiger partial charge is 0.264 e. The molecule has 0 fully saturated rings. The Balaban J connectivity index is 4.39. The highest BCUT2D eigenvalue weighted by atomic mass is 19.4. The lowest BCUT2D eigenvalue weighted by Crippen LogP contribution is -2.20. The van der Waals surface area contributed by atoms with Crippen LogP contribution in [0.15, 0.2) is 15.2 Å². The molecule has 10 heavy (non-hydrogen) atoms. The van der Waals surface area contributed by atoms with E-state index in [1.807, 2.05) is 0 Å². The van der Waals surface area contributed by atoms with Crippen molar-refractivity contribution in [1.82, 2.24) is 0 Å². The maximum Gasteiger partial charge on any atom is 0.453 e. The molecule has 0 aliphatic carbocycles. The first-order valence-electron chi connectivity index (χ1n) is 2.36. The summed E-state index contributed by atoms with van der Waals surface area (Å²) < 4.78 is 34.9. The van der Waals surface area contributed by atoms with Crippen molar-refractivity contribution in [3.8, 4) is 0 Å². The number of hydrogen-bond donors (Lipinski definition) is 0. The minimum absolute atomic E-state index is 1.01. The Hall–Kier alpha value is -0.940. The third kappa shape index (κ3) is 2.56. The number of azo groups is 1. The summed E-state index contributed by atoms with van der Waals surface area (Å²) in [6.45, 7) is 0. The Kier molecular flexibility index (Phi) is 2.98. The first-order chi connectivity index (χ1) is 4.52. The van der Waals surface area contributed by atoms with Crippen molar-refractivity contribution < 1.29 is 13.2 Å². The SMILES string of the molecule is CN=NC(=NC)C(F)(F)F. The van der Waals surface area contributed by atoms with Crippen molar-refractivity contribution in [3.63, 3.8) is 0 Å². The Bertz CT molecular complexity index is 158. The number of aliphatic imine (C=N–C) groups is 1. The second-order valence-electron chi connectivity index (χ2n) is 1.34. The van der Waals surface area contributed by atoms with Crippen LogP contribution in [0.25, 0.3) is 0 Å². The van der Waals surface area contributed by atoms with Gasteiger partial charge in [0.1, 0.15) is 0 Å². The second-order valence-corrected chi connectivity index (χ2v) is 1.34. The first kappa shape index (κ1) is 9.06. The van der Waals surface area contributed by atoms with Gasteiger partial charge in [0.15, 0.2) is 0 Å². The van der Waals surface area contributed by atoms with Gasteiger partial charge in [0.25, 0.3) is 5.84 Å². The topological polar surface area (TPSA) is 37.1 Å². The number of hydrogen-bond acceptors (Lipinski definition) is 2. The van der Waals surface area contributed by atoms with Crippen LogP contribution in [0.2, 0.25) is 0 Å². The Morgan fingerprint density at radius 1 is 1.20 bits per heavy atom. The number of nitrogens with zero attached hydrogens (tertiary/aromatic N) is 3. The summed E-state index contributed by atoms with van der Waals surface area (Å²) in [5.41, 5.74) is 0. The average Bonchev–Trinajstić information content (AvgIpc) is 1.80. The third-order valence-electron chi connectivity index (χ3n) is 0.660. The molecule has 0 aliphatic rings. The van der Waals surface area contributed by atoms with E-state index in [1.165, 1.54) is 0 Å². The minimum Gasteiger partial charge on any atom is -0.264 e. The summed E-state index contributed by atoms with van der Waals surface area (Å²) in [7, 11) is 2.16. The molecule has 0 aromatic rings. The van der Waals surface area contributed by atoms with Gasteiger partial charge in [-0.1, -0.05) is 0 Å². The van der Waals surface area contributed by atoms with E-state index in [-0.39, 0.29) is 0 Å². The fourth-order valence-corrected chi connectivity index (χ4v) is 0.323. The predicted molar refractivity (Wildman–Crippen MR) is 30.2 cm³/mol. The van der Waals surface area contributed by atoms with Crippen LogP contribution in [0.3, 0.4) is 0 Å². The van der Waals surface area contributed by atoms with Crippen molar-refractivity contribution in [3.05, 3.63) is 0 Å². The normalized spacial score (nSPS) is 14.7. The first-order valence-corrected chi connectivity index (χ1v) is 2.36. The molecule has 0 N–H and O–H groups in total. The summed E-state index contributed by atoms with van der Waals surface area (Å²) >= 11 is 0. The highest BCUT2D eigenvalue weighted by molar-refractivity contribution is 5.87. The van der Waals surface area contributed by atoms with Crippen LogP contribution in [-0.2, 0) is 0 Å². The van der Waals surface area contributed by atoms with Gasteiger partial charge in [-0.25, -0.2) is 0 Å². The van der Waals surface area contributed by atoms with E-state index in [9.17, 15) is 13.2 Å². The fourth-order valence-electron chi connectivity index (χ4n) is 0.323. The molecule has 0 radical (unpaired) electrons. The molecule has 0 atom stereocenters. The number of alkyl halides is 3. The molecule has 6 heteroatoms. The van der Waals surface area contributed by atoms with E-state index >= 15 is 0 Å². The van der Waals surface area contributed by atoms with Gasteiger partial charge in [0.05, 0.1) is 0 Å². The molecular formula is C4H6F3N3. The predicted octanol–water partition coefficient (Wildman–Crippen LogP) is 1.66. The van der Waals surface area contributed by atoms with Crippen LogP contribution in [0.5, 0.6) is 0 Å². The Labute approximate surface area is 55.7 Å². The fraction of sp³-hybridized carbons (Fsp3) is 0.750. The molecule has 0 amide bonds. The van der Waals surface area contributed by atoms with Gasteiger partial charge in [-0.05, 0) is 0 Å². The monoisotopic (exact) mass is 153 g/mol. The van der Waals surface area contributed by atoms with Crippen molar-refractivity contribution in [2.24, 2.45) is 15.2 Å². The lowest BCUT2D eigenvalue weighted by molar-refractivity contribution is -0.0600. The van der Waals surface area contributed by atoms with E-state index in [0.717, 1.165) is 14.1 Å². The Morgan fingerprint density at radius 3 is 1.80 bits per heavy atom. The summed E-state index contributed by atoms with van der Waals surface area (Å²) in [6.07, 6.45) is -4.49. The van der Waals surface area contributed by atoms with Crippen LogP contribution in [-0.4, -0.2) is 26.1 Å². The molecule has 0 bridgehead atoms. The lowest BCUT2D eigenvalue weighted by atomic mass is 10.6. The highest BCUT2D eigenvalue weighted by Crippen LogP contribution is 2.17. The van der Waals surface area contributed by atoms with Crippen LogP contribution >= 0.6 is 0 Å². The van der Waals surface area contributed by atoms with Crippen molar-refractivity contribution in [2.75, 3.05) is 14.1 Å². The third-order valence-corrected chi connectivity index (χ3v) is 0.660. The van der Waals surface area contributed by atoms with Crippen LogP contribution < -0.4 is 0 Å². The molecule has 0 heterocycles. The lowest BCUT2D eigenvalue weighted by Gasteiger charge is -2.01.